The van der Waals surface area contributed by atoms with Gasteiger partial charge in [0.15, 0.2) is 5.78 Å². The molecule has 0 aliphatic heterocycles. The third kappa shape index (κ3) is 3.73. The van der Waals surface area contributed by atoms with Crippen molar-refractivity contribution in [3.05, 3.63) is 70.9 Å². The Bertz CT molecular complexity index is 987. The minimum absolute atomic E-state index is 0.0873. The summed E-state index contributed by atoms with van der Waals surface area (Å²) in [6, 6.07) is 14.5. The Morgan fingerprint density at radius 2 is 1.92 bits per heavy atom. The first-order valence-corrected chi connectivity index (χ1v) is 8.70. The summed E-state index contributed by atoms with van der Waals surface area (Å²) in [5.41, 5.74) is 2.61. The molecule has 0 radical (unpaired) electrons. The topological polar surface area (TPSA) is 60.0 Å². The van der Waals surface area contributed by atoms with E-state index in [4.69, 9.17) is 21.7 Å². The number of imidazole rings is 1. The number of Topliss-reactive ketones (excluding diaryl/α,β-unsaturated/α-hetero) is 1. The van der Waals surface area contributed by atoms with Crippen LogP contribution in [0.4, 0.5) is 0 Å². The minimum Gasteiger partial charge on any atom is -0.494 e. The van der Waals surface area contributed by atoms with Crippen molar-refractivity contribution in [2.24, 2.45) is 7.05 Å². The number of aromatic nitrogens is 2. The molecule has 1 N–H and O–H groups in total. The molecule has 134 valence electrons. The van der Waals surface area contributed by atoms with E-state index in [-0.39, 0.29) is 17.9 Å². The van der Waals surface area contributed by atoms with Crippen LogP contribution in [0.15, 0.2) is 54.7 Å². The Morgan fingerprint density at radius 1 is 1.19 bits per heavy atom. The fourth-order valence-corrected chi connectivity index (χ4v) is 2.98. The van der Waals surface area contributed by atoms with Gasteiger partial charge in [-0.3, -0.25) is 10.2 Å². The molecule has 0 aliphatic carbocycles. The van der Waals surface area contributed by atoms with Crippen molar-refractivity contribution >= 4 is 17.4 Å². The summed E-state index contributed by atoms with van der Waals surface area (Å²) in [4.78, 5) is 12.5. The molecule has 1 aromatic heterocycles. The van der Waals surface area contributed by atoms with Gasteiger partial charge in [-0.05, 0) is 48.9 Å². The summed E-state index contributed by atoms with van der Waals surface area (Å²) in [6.07, 6.45) is 1.82. The first kappa shape index (κ1) is 18.0. The largest absolute Gasteiger partial charge is 0.494 e. The van der Waals surface area contributed by atoms with E-state index < -0.39 is 0 Å². The quantitative estimate of drug-likeness (QED) is 0.670. The Labute approximate surface area is 156 Å². The van der Waals surface area contributed by atoms with Crippen molar-refractivity contribution in [2.45, 2.75) is 13.5 Å². The van der Waals surface area contributed by atoms with E-state index >= 15 is 0 Å². The van der Waals surface area contributed by atoms with E-state index in [0.29, 0.717) is 17.2 Å². The highest BCUT2D eigenvalue weighted by molar-refractivity contribution is 6.31. The van der Waals surface area contributed by atoms with Crippen LogP contribution in [-0.4, -0.2) is 21.5 Å². The second-order valence-corrected chi connectivity index (χ2v) is 6.35. The zero-order chi connectivity index (χ0) is 18.7. The smallest absolute Gasteiger partial charge is 0.202 e. The molecule has 6 heteroatoms. The number of benzene rings is 2. The van der Waals surface area contributed by atoms with Gasteiger partial charge in [0.25, 0.3) is 0 Å². The molecule has 0 spiro atoms. The van der Waals surface area contributed by atoms with Crippen LogP contribution < -0.4 is 10.4 Å². The van der Waals surface area contributed by atoms with Crippen molar-refractivity contribution in [3.63, 3.8) is 0 Å². The number of nitrogens with zero attached hydrogens (tertiary/aromatic N) is 2. The SMILES string of the molecule is CCOc1ccc(-c2cn(CC(=O)c3cccc(Cl)c3)c(=N)n2C)cc1. The van der Waals surface area contributed by atoms with E-state index in [2.05, 4.69) is 0 Å². The summed E-state index contributed by atoms with van der Waals surface area (Å²) < 4.78 is 8.85. The Morgan fingerprint density at radius 3 is 2.58 bits per heavy atom. The fourth-order valence-electron chi connectivity index (χ4n) is 2.79. The molecule has 0 aliphatic rings. The number of carbonyl (C=O) groups excluding carboxylic acids is 1. The molecule has 5 nitrogen and oxygen atoms in total. The predicted molar refractivity (Wildman–Crippen MR) is 102 cm³/mol. The van der Waals surface area contributed by atoms with Gasteiger partial charge in [0.1, 0.15) is 5.75 Å². The molecule has 3 aromatic rings. The van der Waals surface area contributed by atoms with Crippen LogP contribution in [0.1, 0.15) is 17.3 Å². The highest BCUT2D eigenvalue weighted by Gasteiger charge is 2.12. The van der Waals surface area contributed by atoms with Gasteiger partial charge in [0, 0.05) is 23.8 Å². The highest BCUT2D eigenvalue weighted by atomic mass is 35.5. The van der Waals surface area contributed by atoms with Gasteiger partial charge in [-0.15, -0.1) is 0 Å². The van der Waals surface area contributed by atoms with Crippen LogP contribution in [-0.2, 0) is 13.6 Å². The lowest BCUT2D eigenvalue weighted by Gasteiger charge is -2.05. The molecule has 0 atom stereocenters. The number of carbonyl (C=O) groups is 1. The van der Waals surface area contributed by atoms with Crippen molar-refractivity contribution in [2.75, 3.05) is 6.61 Å². The molecule has 3 rings (SSSR count). The van der Waals surface area contributed by atoms with Gasteiger partial charge >= 0.3 is 0 Å². The number of ketones is 1. The van der Waals surface area contributed by atoms with Gasteiger partial charge in [0.05, 0.1) is 18.8 Å². The third-order valence-corrected chi connectivity index (χ3v) is 4.39. The average Bonchev–Trinajstić information content (AvgIpc) is 2.91. The maximum Gasteiger partial charge on any atom is 0.202 e. The molecular weight excluding hydrogens is 350 g/mol. The van der Waals surface area contributed by atoms with Crippen LogP contribution in [0.5, 0.6) is 5.75 Å². The molecule has 1 heterocycles. The molecule has 0 bridgehead atoms. The average molecular weight is 370 g/mol. The summed E-state index contributed by atoms with van der Waals surface area (Å²) >= 11 is 5.96. The Balaban J connectivity index is 1.87. The van der Waals surface area contributed by atoms with Crippen molar-refractivity contribution in [1.82, 2.24) is 9.13 Å². The first-order valence-electron chi connectivity index (χ1n) is 8.32. The van der Waals surface area contributed by atoms with Gasteiger partial charge in [-0.25, -0.2) is 0 Å². The number of rotatable bonds is 6. The number of ether oxygens (including phenoxy) is 1. The lowest BCUT2D eigenvalue weighted by Crippen LogP contribution is -2.25. The van der Waals surface area contributed by atoms with Crippen LogP contribution in [0, 0.1) is 5.41 Å². The molecule has 0 fully saturated rings. The van der Waals surface area contributed by atoms with E-state index in [1.165, 1.54) is 0 Å². The summed E-state index contributed by atoms with van der Waals surface area (Å²) in [5, 5.41) is 8.82. The Hall–Kier alpha value is -2.79. The molecular formula is C20H20ClN3O2. The number of hydrogen-bond acceptors (Lipinski definition) is 3. The summed E-state index contributed by atoms with van der Waals surface area (Å²) in [7, 11) is 1.81. The predicted octanol–water partition coefficient (Wildman–Crippen LogP) is 3.91. The number of halogens is 1. The lowest BCUT2D eigenvalue weighted by atomic mass is 10.1. The van der Waals surface area contributed by atoms with Gasteiger partial charge in [-0.2, -0.15) is 0 Å². The normalized spacial score (nSPS) is 10.7. The lowest BCUT2D eigenvalue weighted by molar-refractivity contribution is 0.0970. The van der Waals surface area contributed by atoms with E-state index in [0.717, 1.165) is 17.0 Å². The molecule has 0 saturated heterocycles. The third-order valence-electron chi connectivity index (χ3n) is 4.15. The van der Waals surface area contributed by atoms with E-state index in [1.54, 1.807) is 33.4 Å². The van der Waals surface area contributed by atoms with Crippen LogP contribution in [0.3, 0.4) is 0 Å². The monoisotopic (exact) mass is 369 g/mol. The van der Waals surface area contributed by atoms with Crippen LogP contribution in [0.2, 0.25) is 5.02 Å². The van der Waals surface area contributed by atoms with Gasteiger partial charge in [0.2, 0.25) is 5.62 Å². The van der Waals surface area contributed by atoms with Crippen molar-refractivity contribution in [1.29, 1.82) is 5.41 Å². The minimum atomic E-state index is -0.0881. The first-order chi connectivity index (χ1) is 12.5. The zero-order valence-corrected chi connectivity index (χ0v) is 15.5. The molecule has 0 unspecified atom stereocenters. The Kier molecular flexibility index (Phi) is 5.28. The van der Waals surface area contributed by atoms with E-state index in [1.807, 2.05) is 44.4 Å². The standard InChI is InChI=1S/C20H20ClN3O2/c1-3-26-17-9-7-14(8-10-17)18-12-24(20(22)23(18)2)13-19(25)15-5-4-6-16(21)11-15/h4-12,22H,3,13H2,1-2H3. The van der Waals surface area contributed by atoms with Gasteiger partial charge < -0.3 is 13.9 Å². The molecule has 0 saturated carbocycles. The van der Waals surface area contributed by atoms with Crippen LogP contribution >= 0.6 is 11.6 Å². The molecule has 0 amide bonds. The molecule has 26 heavy (non-hydrogen) atoms. The maximum atomic E-state index is 12.5. The van der Waals surface area contributed by atoms with E-state index in [9.17, 15) is 4.79 Å². The summed E-state index contributed by atoms with van der Waals surface area (Å²) in [5.74, 6) is 0.718. The second-order valence-electron chi connectivity index (χ2n) is 5.92. The highest BCUT2D eigenvalue weighted by Crippen LogP contribution is 2.21. The molecule has 2 aromatic carbocycles. The van der Waals surface area contributed by atoms with Crippen LogP contribution in [0.25, 0.3) is 11.3 Å². The van der Waals surface area contributed by atoms with Gasteiger partial charge in [-0.1, -0.05) is 23.7 Å². The summed E-state index contributed by atoms with van der Waals surface area (Å²) in [6.45, 7) is 2.65. The zero-order valence-electron chi connectivity index (χ0n) is 14.7. The number of nitrogens with one attached hydrogen (secondary N) is 1. The second kappa shape index (κ2) is 7.62. The van der Waals surface area contributed by atoms with Crippen molar-refractivity contribution in [3.8, 4) is 17.0 Å². The van der Waals surface area contributed by atoms with Crippen molar-refractivity contribution < 1.29 is 9.53 Å². The maximum absolute atomic E-state index is 12.5. The fraction of sp³-hybridized carbons (Fsp3) is 0.200. The number of hydrogen-bond donors (Lipinski definition) is 1.